The number of ketones is 1. The molecule has 3 saturated carbocycles. The molecule has 0 heterocycles. The third kappa shape index (κ3) is 3.03. The normalized spacial score (nSPS) is 43.2. The topological polar surface area (TPSA) is 69.7 Å². The lowest BCUT2D eigenvalue weighted by Crippen LogP contribution is -2.55. The third-order valence-corrected chi connectivity index (χ3v) is 8.30. The molecule has 4 aliphatic carbocycles. The van der Waals surface area contributed by atoms with Crippen LogP contribution in [0, 0.1) is 41.4 Å². The number of terminal acetylenes is 1. The summed E-state index contributed by atoms with van der Waals surface area (Å²) < 4.78 is 11.5. The van der Waals surface area contributed by atoms with Crippen LogP contribution in [0.1, 0.15) is 65.7 Å². The summed E-state index contributed by atoms with van der Waals surface area (Å²) >= 11 is 0. The molecule has 29 heavy (non-hydrogen) atoms. The van der Waals surface area contributed by atoms with Crippen LogP contribution >= 0.6 is 0 Å². The Labute approximate surface area is 172 Å². The molecule has 0 aromatic rings. The van der Waals surface area contributed by atoms with Crippen molar-refractivity contribution in [1.29, 1.82) is 0 Å². The second-order valence-corrected chi connectivity index (χ2v) is 9.58. The van der Waals surface area contributed by atoms with Gasteiger partial charge in [0.15, 0.2) is 11.4 Å². The number of ether oxygens (including phenoxy) is 2. The van der Waals surface area contributed by atoms with E-state index in [9.17, 15) is 14.4 Å². The Balaban J connectivity index is 1.70. The summed E-state index contributed by atoms with van der Waals surface area (Å²) in [6, 6.07) is 0. The van der Waals surface area contributed by atoms with Gasteiger partial charge in [0, 0.05) is 25.7 Å². The van der Waals surface area contributed by atoms with Crippen LogP contribution in [-0.2, 0) is 23.9 Å². The summed E-state index contributed by atoms with van der Waals surface area (Å²) in [6.45, 7) is 5.03. The van der Waals surface area contributed by atoms with Gasteiger partial charge in [-0.3, -0.25) is 14.4 Å². The van der Waals surface area contributed by atoms with Crippen molar-refractivity contribution in [1.82, 2.24) is 0 Å². The first kappa shape index (κ1) is 20.2. The molecule has 0 radical (unpaired) electrons. The molecule has 4 aliphatic rings. The third-order valence-electron chi connectivity index (χ3n) is 8.30. The fourth-order valence-corrected chi connectivity index (χ4v) is 7.16. The summed E-state index contributed by atoms with van der Waals surface area (Å²) in [5, 5.41) is 0. The maximum absolute atomic E-state index is 12.1. The fraction of sp³-hybridized carbons (Fsp3) is 0.708. The quantitative estimate of drug-likeness (QED) is 0.525. The molecule has 0 aliphatic heterocycles. The Morgan fingerprint density at radius 2 is 1.90 bits per heavy atom. The van der Waals surface area contributed by atoms with Crippen molar-refractivity contribution in [3.05, 3.63) is 11.6 Å². The first-order valence-corrected chi connectivity index (χ1v) is 10.8. The molecule has 5 heteroatoms. The molecule has 4 rings (SSSR count). The first-order chi connectivity index (χ1) is 13.7. The van der Waals surface area contributed by atoms with Crippen molar-refractivity contribution in [3.63, 3.8) is 0 Å². The number of hydrogen-bond donors (Lipinski definition) is 0. The molecule has 7 atom stereocenters. The van der Waals surface area contributed by atoms with E-state index in [1.807, 2.05) is 0 Å². The van der Waals surface area contributed by atoms with Crippen LogP contribution in [0.25, 0.3) is 0 Å². The van der Waals surface area contributed by atoms with Gasteiger partial charge in [-0.05, 0) is 73.8 Å². The summed E-state index contributed by atoms with van der Waals surface area (Å²) in [6.07, 6.45) is 13.0. The van der Waals surface area contributed by atoms with Crippen LogP contribution in [0.15, 0.2) is 11.6 Å². The Morgan fingerprint density at radius 1 is 1.14 bits per heavy atom. The van der Waals surface area contributed by atoms with E-state index in [1.165, 1.54) is 13.8 Å². The monoisotopic (exact) mass is 398 g/mol. The van der Waals surface area contributed by atoms with Gasteiger partial charge in [0.1, 0.15) is 6.10 Å². The number of carbonyl (C=O) groups excluding carboxylic acids is 3. The van der Waals surface area contributed by atoms with Crippen molar-refractivity contribution in [2.24, 2.45) is 29.1 Å². The molecular formula is C24H30O5. The van der Waals surface area contributed by atoms with E-state index in [0.717, 1.165) is 37.7 Å². The summed E-state index contributed by atoms with van der Waals surface area (Å²) in [5.74, 6) is 3.77. The van der Waals surface area contributed by atoms with Crippen LogP contribution in [0.4, 0.5) is 0 Å². The van der Waals surface area contributed by atoms with Gasteiger partial charge in [0.25, 0.3) is 0 Å². The van der Waals surface area contributed by atoms with Gasteiger partial charge < -0.3 is 9.47 Å². The van der Waals surface area contributed by atoms with Crippen LogP contribution < -0.4 is 0 Å². The standard InChI is InChI=1S/C24H30O5/c1-5-24(29-15(3)26)11-9-21-19-13-22(28-14(2)25)20-12-16(27)6-7-17(20)18(19)8-10-23(21,24)4/h1,12,17-19,21-22H,6-11,13H2,2-4H3/t17-,18-,19-,21+,22-,23+,24+/m1/s1. The van der Waals surface area contributed by atoms with Gasteiger partial charge in [-0.1, -0.05) is 12.8 Å². The van der Waals surface area contributed by atoms with Gasteiger partial charge in [0.05, 0.1) is 0 Å². The van der Waals surface area contributed by atoms with Crippen molar-refractivity contribution in [3.8, 4) is 12.3 Å². The fourth-order valence-electron chi connectivity index (χ4n) is 7.16. The van der Waals surface area contributed by atoms with E-state index in [0.29, 0.717) is 30.6 Å². The van der Waals surface area contributed by atoms with E-state index in [2.05, 4.69) is 12.8 Å². The van der Waals surface area contributed by atoms with Crippen molar-refractivity contribution < 1.29 is 23.9 Å². The van der Waals surface area contributed by atoms with E-state index in [1.54, 1.807) is 6.08 Å². The van der Waals surface area contributed by atoms with E-state index >= 15 is 0 Å². The molecule has 0 bridgehead atoms. The molecule has 3 fully saturated rings. The second-order valence-electron chi connectivity index (χ2n) is 9.58. The van der Waals surface area contributed by atoms with Gasteiger partial charge in [-0.15, -0.1) is 6.42 Å². The van der Waals surface area contributed by atoms with E-state index in [-0.39, 0.29) is 35.2 Å². The Morgan fingerprint density at radius 3 is 2.55 bits per heavy atom. The summed E-state index contributed by atoms with van der Waals surface area (Å²) in [7, 11) is 0. The molecule has 0 saturated heterocycles. The molecule has 0 amide bonds. The smallest absolute Gasteiger partial charge is 0.304 e. The predicted octanol–water partition coefficient (Wildman–Crippen LogP) is 3.60. The van der Waals surface area contributed by atoms with Crippen LogP contribution in [0.3, 0.4) is 0 Å². The number of fused-ring (bicyclic) bond motifs is 5. The molecular weight excluding hydrogens is 368 g/mol. The van der Waals surface area contributed by atoms with Gasteiger partial charge in [0.2, 0.25) is 0 Å². The van der Waals surface area contributed by atoms with E-state index < -0.39 is 5.60 Å². The Kier molecular flexibility index (Phi) is 4.88. The predicted molar refractivity (Wildman–Crippen MR) is 106 cm³/mol. The number of hydrogen-bond acceptors (Lipinski definition) is 5. The SMILES string of the molecule is C#C[C@]1(OC(C)=O)CC[C@H]2[C@@H]3C[C@@H](OC(C)=O)C4=CC(=O)CC[C@@H]4[C@H]3CC[C@@]21C. The van der Waals surface area contributed by atoms with Crippen molar-refractivity contribution in [2.75, 3.05) is 0 Å². The molecule has 0 aromatic carbocycles. The molecule has 0 spiro atoms. The van der Waals surface area contributed by atoms with Crippen LogP contribution in [-0.4, -0.2) is 29.4 Å². The highest BCUT2D eigenvalue weighted by Gasteiger charge is 2.65. The highest BCUT2D eigenvalue weighted by atomic mass is 16.6. The number of rotatable bonds is 2. The lowest BCUT2D eigenvalue weighted by molar-refractivity contribution is -0.170. The zero-order chi connectivity index (χ0) is 21.0. The molecule has 5 nitrogen and oxygen atoms in total. The Bertz CT molecular complexity index is 820. The number of carbonyl (C=O) groups is 3. The minimum absolute atomic E-state index is 0.134. The molecule has 0 unspecified atom stereocenters. The summed E-state index contributed by atoms with van der Waals surface area (Å²) in [5.41, 5.74) is -0.118. The first-order valence-electron chi connectivity index (χ1n) is 10.8. The van der Waals surface area contributed by atoms with Crippen molar-refractivity contribution >= 4 is 17.7 Å². The van der Waals surface area contributed by atoms with Gasteiger partial charge in [-0.25, -0.2) is 0 Å². The highest BCUT2D eigenvalue weighted by Crippen LogP contribution is 2.65. The second kappa shape index (κ2) is 7.00. The van der Waals surface area contributed by atoms with E-state index in [4.69, 9.17) is 15.9 Å². The maximum atomic E-state index is 12.1. The average Bonchev–Trinajstić information content (AvgIpc) is 2.94. The van der Waals surface area contributed by atoms with Crippen molar-refractivity contribution in [2.45, 2.75) is 77.4 Å². The lowest BCUT2D eigenvalue weighted by Gasteiger charge is -2.56. The largest absolute Gasteiger partial charge is 0.458 e. The van der Waals surface area contributed by atoms with Crippen LogP contribution in [0.2, 0.25) is 0 Å². The molecule has 156 valence electrons. The number of esters is 2. The molecule has 0 aromatic heterocycles. The zero-order valence-electron chi connectivity index (χ0n) is 17.5. The van der Waals surface area contributed by atoms with Crippen LogP contribution in [0.5, 0.6) is 0 Å². The Hall–Kier alpha value is -2.09. The maximum Gasteiger partial charge on any atom is 0.304 e. The molecule has 0 N–H and O–H groups in total. The van der Waals surface area contributed by atoms with Gasteiger partial charge in [-0.2, -0.15) is 0 Å². The average molecular weight is 398 g/mol. The minimum atomic E-state index is -0.857. The zero-order valence-corrected chi connectivity index (χ0v) is 17.5. The minimum Gasteiger partial charge on any atom is -0.458 e. The van der Waals surface area contributed by atoms with Gasteiger partial charge >= 0.3 is 11.9 Å². The highest BCUT2D eigenvalue weighted by molar-refractivity contribution is 5.91. The lowest BCUT2D eigenvalue weighted by atomic mass is 9.50. The summed E-state index contributed by atoms with van der Waals surface area (Å²) in [4.78, 5) is 35.7.